The Morgan fingerprint density at radius 3 is 2.38 bits per heavy atom. The molecule has 1 aliphatic heterocycles. The zero-order valence-corrected chi connectivity index (χ0v) is 12.0. The Morgan fingerprint density at radius 1 is 0.952 bits per heavy atom. The van der Waals surface area contributed by atoms with E-state index in [1.165, 1.54) is 11.8 Å². The van der Waals surface area contributed by atoms with Crippen molar-refractivity contribution in [2.45, 2.75) is 6.54 Å². The van der Waals surface area contributed by atoms with Crippen molar-refractivity contribution < 1.29 is 4.39 Å². The number of hydrogen-bond donors (Lipinski definition) is 1. The van der Waals surface area contributed by atoms with Gasteiger partial charge in [0.1, 0.15) is 5.82 Å². The van der Waals surface area contributed by atoms with Crippen LogP contribution in [0.5, 0.6) is 0 Å². The van der Waals surface area contributed by atoms with Gasteiger partial charge in [0.15, 0.2) is 0 Å². The van der Waals surface area contributed by atoms with E-state index in [0.29, 0.717) is 12.2 Å². The lowest BCUT2D eigenvalue weighted by Crippen LogP contribution is -2.46. The third-order valence-corrected chi connectivity index (χ3v) is 3.99. The number of nitrogen functional groups attached to an aromatic ring is 1. The van der Waals surface area contributed by atoms with Crippen LogP contribution in [0.15, 0.2) is 48.5 Å². The first-order valence-corrected chi connectivity index (χ1v) is 7.28. The summed E-state index contributed by atoms with van der Waals surface area (Å²) in [5.41, 5.74) is 8.73. The second-order valence-electron chi connectivity index (χ2n) is 5.44. The molecule has 1 heterocycles. The average Bonchev–Trinajstić information content (AvgIpc) is 2.53. The largest absolute Gasteiger partial charge is 0.398 e. The molecule has 110 valence electrons. The molecule has 3 rings (SSSR count). The van der Waals surface area contributed by atoms with Gasteiger partial charge in [0.25, 0.3) is 0 Å². The molecule has 0 aromatic heterocycles. The minimum Gasteiger partial charge on any atom is -0.398 e. The van der Waals surface area contributed by atoms with Crippen molar-refractivity contribution in [1.82, 2.24) is 4.90 Å². The molecule has 21 heavy (non-hydrogen) atoms. The summed E-state index contributed by atoms with van der Waals surface area (Å²) in [6.07, 6.45) is 0. The molecule has 1 saturated heterocycles. The topological polar surface area (TPSA) is 32.5 Å². The predicted octanol–water partition coefficient (Wildman–Crippen LogP) is 2.73. The quantitative estimate of drug-likeness (QED) is 0.880. The van der Waals surface area contributed by atoms with Crippen LogP contribution in [-0.2, 0) is 6.54 Å². The van der Waals surface area contributed by atoms with Crippen molar-refractivity contribution in [2.24, 2.45) is 0 Å². The molecule has 2 N–H and O–H groups in total. The van der Waals surface area contributed by atoms with E-state index in [0.717, 1.165) is 31.7 Å². The maximum atomic E-state index is 13.3. The lowest BCUT2D eigenvalue weighted by molar-refractivity contribution is 0.250. The molecule has 0 saturated carbocycles. The normalized spacial score (nSPS) is 16.1. The van der Waals surface area contributed by atoms with Gasteiger partial charge in [0.2, 0.25) is 0 Å². The van der Waals surface area contributed by atoms with E-state index in [-0.39, 0.29) is 5.82 Å². The molecular weight excluding hydrogens is 265 g/mol. The fourth-order valence-corrected chi connectivity index (χ4v) is 2.76. The number of hydrogen-bond acceptors (Lipinski definition) is 3. The first-order valence-electron chi connectivity index (χ1n) is 7.28. The number of piperazine rings is 1. The standard InChI is InChI=1S/C17H20FN3/c18-15-6-7-17(19)14(12-15)13-20-8-10-21(11-9-20)16-4-2-1-3-5-16/h1-7,12H,8-11,13,19H2. The number of para-hydroxylation sites is 1. The zero-order chi connectivity index (χ0) is 14.7. The Labute approximate surface area is 124 Å². The number of nitrogens with two attached hydrogens (primary N) is 1. The number of rotatable bonds is 3. The first-order chi connectivity index (χ1) is 10.2. The summed E-state index contributed by atoms with van der Waals surface area (Å²) < 4.78 is 13.3. The highest BCUT2D eigenvalue weighted by Crippen LogP contribution is 2.19. The minimum absolute atomic E-state index is 0.220. The summed E-state index contributed by atoms with van der Waals surface area (Å²) in [5.74, 6) is -0.220. The fourth-order valence-electron chi connectivity index (χ4n) is 2.76. The van der Waals surface area contributed by atoms with Crippen LogP contribution in [0.4, 0.5) is 15.8 Å². The smallest absolute Gasteiger partial charge is 0.123 e. The fraction of sp³-hybridized carbons (Fsp3) is 0.294. The monoisotopic (exact) mass is 285 g/mol. The second kappa shape index (κ2) is 6.14. The van der Waals surface area contributed by atoms with Crippen molar-refractivity contribution in [2.75, 3.05) is 36.8 Å². The third-order valence-electron chi connectivity index (χ3n) is 3.99. The van der Waals surface area contributed by atoms with Crippen LogP contribution in [0.1, 0.15) is 5.56 Å². The van der Waals surface area contributed by atoms with Gasteiger partial charge in [0.05, 0.1) is 0 Å². The molecule has 0 radical (unpaired) electrons. The Bertz CT molecular complexity index is 592. The van der Waals surface area contributed by atoms with Crippen molar-refractivity contribution in [3.63, 3.8) is 0 Å². The first kappa shape index (κ1) is 13.9. The van der Waals surface area contributed by atoms with E-state index in [4.69, 9.17) is 5.73 Å². The van der Waals surface area contributed by atoms with Gasteiger partial charge in [-0.15, -0.1) is 0 Å². The summed E-state index contributed by atoms with van der Waals surface area (Å²) in [6.45, 7) is 4.61. The summed E-state index contributed by atoms with van der Waals surface area (Å²) in [4.78, 5) is 4.70. The van der Waals surface area contributed by atoms with Crippen molar-refractivity contribution in [3.05, 3.63) is 59.9 Å². The number of anilines is 2. The van der Waals surface area contributed by atoms with E-state index in [1.54, 1.807) is 12.1 Å². The molecule has 1 fully saturated rings. The lowest BCUT2D eigenvalue weighted by Gasteiger charge is -2.36. The molecule has 4 heteroatoms. The Balaban J connectivity index is 1.60. The molecule has 1 aliphatic rings. The number of nitrogens with zero attached hydrogens (tertiary/aromatic N) is 2. The van der Waals surface area contributed by atoms with Crippen LogP contribution in [0.3, 0.4) is 0 Å². The molecule has 0 unspecified atom stereocenters. The highest BCUT2D eigenvalue weighted by Gasteiger charge is 2.17. The Morgan fingerprint density at radius 2 is 1.67 bits per heavy atom. The van der Waals surface area contributed by atoms with E-state index in [1.807, 2.05) is 6.07 Å². The number of halogens is 1. The maximum Gasteiger partial charge on any atom is 0.123 e. The molecule has 0 aliphatic carbocycles. The van der Waals surface area contributed by atoms with Gasteiger partial charge in [-0.1, -0.05) is 18.2 Å². The van der Waals surface area contributed by atoms with Crippen molar-refractivity contribution in [3.8, 4) is 0 Å². The third kappa shape index (κ3) is 3.34. The number of benzene rings is 2. The molecule has 0 amide bonds. The molecule has 0 spiro atoms. The molecule has 2 aromatic rings. The summed E-state index contributed by atoms with van der Waals surface area (Å²) in [7, 11) is 0. The van der Waals surface area contributed by atoms with Crippen LogP contribution in [0.2, 0.25) is 0 Å². The second-order valence-corrected chi connectivity index (χ2v) is 5.44. The lowest BCUT2D eigenvalue weighted by atomic mass is 10.1. The van der Waals surface area contributed by atoms with Crippen LogP contribution in [0, 0.1) is 5.82 Å². The molecular formula is C17H20FN3. The van der Waals surface area contributed by atoms with Gasteiger partial charge in [-0.25, -0.2) is 4.39 Å². The SMILES string of the molecule is Nc1ccc(F)cc1CN1CCN(c2ccccc2)CC1. The van der Waals surface area contributed by atoms with E-state index < -0.39 is 0 Å². The molecule has 0 bridgehead atoms. The van der Waals surface area contributed by atoms with E-state index >= 15 is 0 Å². The summed E-state index contributed by atoms with van der Waals surface area (Å²) >= 11 is 0. The predicted molar refractivity (Wildman–Crippen MR) is 84.7 cm³/mol. The van der Waals surface area contributed by atoms with Crippen LogP contribution in [0.25, 0.3) is 0 Å². The maximum absolute atomic E-state index is 13.3. The van der Waals surface area contributed by atoms with E-state index in [9.17, 15) is 4.39 Å². The van der Waals surface area contributed by atoms with Gasteiger partial charge < -0.3 is 10.6 Å². The average molecular weight is 285 g/mol. The summed E-state index contributed by atoms with van der Waals surface area (Å²) in [6, 6.07) is 15.0. The molecule has 3 nitrogen and oxygen atoms in total. The minimum atomic E-state index is -0.220. The summed E-state index contributed by atoms with van der Waals surface area (Å²) in [5, 5.41) is 0. The zero-order valence-electron chi connectivity index (χ0n) is 12.0. The Hall–Kier alpha value is -2.07. The van der Waals surface area contributed by atoms with Crippen molar-refractivity contribution >= 4 is 11.4 Å². The van der Waals surface area contributed by atoms with Gasteiger partial charge in [-0.05, 0) is 35.9 Å². The van der Waals surface area contributed by atoms with Crippen LogP contribution < -0.4 is 10.6 Å². The van der Waals surface area contributed by atoms with Crippen LogP contribution >= 0.6 is 0 Å². The molecule has 2 aromatic carbocycles. The van der Waals surface area contributed by atoms with Crippen molar-refractivity contribution in [1.29, 1.82) is 0 Å². The van der Waals surface area contributed by atoms with Gasteiger partial charge in [0, 0.05) is 44.1 Å². The highest BCUT2D eigenvalue weighted by molar-refractivity contribution is 5.48. The highest BCUT2D eigenvalue weighted by atomic mass is 19.1. The van der Waals surface area contributed by atoms with Gasteiger partial charge >= 0.3 is 0 Å². The van der Waals surface area contributed by atoms with E-state index in [2.05, 4.69) is 34.1 Å². The Kier molecular flexibility index (Phi) is 4.06. The molecule has 0 atom stereocenters. The van der Waals surface area contributed by atoms with Gasteiger partial charge in [-0.3, -0.25) is 4.90 Å². The van der Waals surface area contributed by atoms with Crippen LogP contribution in [-0.4, -0.2) is 31.1 Å². The van der Waals surface area contributed by atoms with Gasteiger partial charge in [-0.2, -0.15) is 0 Å².